The maximum atomic E-state index is 12.2. The van der Waals surface area contributed by atoms with E-state index in [9.17, 15) is 9.59 Å². The summed E-state index contributed by atoms with van der Waals surface area (Å²) in [5.41, 5.74) is 9.24. The van der Waals surface area contributed by atoms with Gasteiger partial charge in [0.05, 0.1) is 0 Å². The number of amides is 2. The van der Waals surface area contributed by atoms with Crippen LogP contribution in [0.25, 0.3) is 6.08 Å². The van der Waals surface area contributed by atoms with Crippen LogP contribution < -0.4 is 16.5 Å². The molecule has 1 heterocycles. The van der Waals surface area contributed by atoms with Crippen LogP contribution in [0.15, 0.2) is 54.9 Å². The Labute approximate surface area is 157 Å². The summed E-state index contributed by atoms with van der Waals surface area (Å²) in [4.78, 5) is 27.7. The van der Waals surface area contributed by atoms with Crippen molar-refractivity contribution in [1.29, 1.82) is 0 Å². The average Bonchev–Trinajstić information content (AvgIpc) is 2.69. The quantitative estimate of drug-likeness (QED) is 0.360. The number of allylic oxidation sites excluding steroid dienone is 1. The molecular formula is C20H20N4O3. The van der Waals surface area contributed by atoms with Crippen molar-refractivity contribution in [3.05, 3.63) is 71.6 Å². The third kappa shape index (κ3) is 6.08. The summed E-state index contributed by atoms with van der Waals surface area (Å²) >= 11 is 0. The number of rotatable bonds is 5. The lowest BCUT2D eigenvalue weighted by Crippen LogP contribution is -2.54. The lowest BCUT2D eigenvalue weighted by Gasteiger charge is -2.19. The zero-order valence-corrected chi connectivity index (χ0v) is 14.7. The van der Waals surface area contributed by atoms with Gasteiger partial charge in [-0.25, -0.2) is 5.48 Å². The van der Waals surface area contributed by atoms with Crippen LogP contribution in [0.5, 0.6) is 0 Å². The van der Waals surface area contributed by atoms with Gasteiger partial charge in [0.15, 0.2) is 0 Å². The van der Waals surface area contributed by atoms with E-state index in [1.807, 2.05) is 18.2 Å². The Hall–Kier alpha value is -3.47. The third-order valence-corrected chi connectivity index (χ3v) is 3.63. The third-order valence-electron chi connectivity index (χ3n) is 3.63. The molecular weight excluding hydrogens is 344 g/mol. The Morgan fingerprint density at radius 1 is 1.19 bits per heavy atom. The van der Waals surface area contributed by atoms with Crippen LogP contribution in [-0.4, -0.2) is 34.1 Å². The highest BCUT2D eigenvalue weighted by molar-refractivity contribution is 5.97. The molecule has 0 bridgehead atoms. The molecule has 2 rings (SSSR count). The summed E-state index contributed by atoms with van der Waals surface area (Å²) in [6.07, 6.45) is 7.02. The summed E-state index contributed by atoms with van der Waals surface area (Å²) < 4.78 is 0. The number of nitrogens with zero attached hydrogens (tertiary/aromatic N) is 1. The minimum absolute atomic E-state index is 0.351. The molecule has 138 valence electrons. The molecule has 1 aromatic carbocycles. The zero-order valence-electron chi connectivity index (χ0n) is 14.7. The molecule has 2 aromatic rings. The van der Waals surface area contributed by atoms with E-state index in [1.54, 1.807) is 49.7 Å². The van der Waals surface area contributed by atoms with Crippen molar-refractivity contribution in [2.75, 3.05) is 0 Å². The van der Waals surface area contributed by atoms with E-state index < -0.39 is 23.9 Å². The second kappa shape index (κ2) is 9.87. The predicted octanol–water partition coefficient (Wildman–Crippen LogP) is 1.10. The molecule has 0 saturated heterocycles. The Kier molecular flexibility index (Phi) is 7.26. The standard InChI is InChI=1S/C20H20N4O3/c1-14(21)18(20(26)24-27)23-19(25)17-8-6-15(7-9-17)4-2-3-5-16-10-12-22-13-11-16/h3,5-14,18,27H,21H2,1H3,(H,23,25)(H,24,26)/b5-3+/t14-,18+/m1/s1. The largest absolute Gasteiger partial charge is 0.339 e. The smallest absolute Gasteiger partial charge is 0.267 e. The molecule has 0 radical (unpaired) electrons. The number of carbonyl (C=O) groups excluding carboxylic acids is 2. The Morgan fingerprint density at radius 3 is 2.44 bits per heavy atom. The molecule has 2 atom stereocenters. The summed E-state index contributed by atoms with van der Waals surface area (Å²) in [6.45, 7) is 1.55. The van der Waals surface area contributed by atoms with Crippen molar-refractivity contribution >= 4 is 17.9 Å². The van der Waals surface area contributed by atoms with Crippen LogP contribution in [-0.2, 0) is 4.79 Å². The minimum atomic E-state index is -1.04. The van der Waals surface area contributed by atoms with E-state index in [1.165, 1.54) is 5.48 Å². The summed E-state index contributed by atoms with van der Waals surface area (Å²) in [6, 6.07) is 8.64. The predicted molar refractivity (Wildman–Crippen MR) is 101 cm³/mol. The number of carbonyl (C=O) groups is 2. The van der Waals surface area contributed by atoms with Crippen molar-refractivity contribution in [3.8, 4) is 11.8 Å². The topological polar surface area (TPSA) is 117 Å². The second-order valence-corrected chi connectivity index (χ2v) is 5.75. The molecule has 0 aliphatic carbocycles. The fourth-order valence-electron chi connectivity index (χ4n) is 2.17. The number of nitrogens with one attached hydrogen (secondary N) is 2. The number of pyridine rings is 1. The molecule has 27 heavy (non-hydrogen) atoms. The van der Waals surface area contributed by atoms with Gasteiger partial charge in [-0.1, -0.05) is 11.8 Å². The van der Waals surface area contributed by atoms with Gasteiger partial charge in [-0.15, -0.1) is 0 Å². The number of hydrogen-bond acceptors (Lipinski definition) is 5. The van der Waals surface area contributed by atoms with Gasteiger partial charge in [0.25, 0.3) is 11.8 Å². The van der Waals surface area contributed by atoms with Gasteiger partial charge in [-0.2, -0.15) is 0 Å². The van der Waals surface area contributed by atoms with Crippen molar-refractivity contribution in [2.45, 2.75) is 19.0 Å². The zero-order chi connectivity index (χ0) is 19.6. The van der Waals surface area contributed by atoms with Gasteiger partial charge in [0, 0.05) is 29.6 Å². The molecule has 1 aromatic heterocycles. The number of benzene rings is 1. The van der Waals surface area contributed by atoms with E-state index in [0.717, 1.165) is 11.1 Å². The first-order valence-electron chi connectivity index (χ1n) is 8.20. The number of aromatic nitrogens is 1. The molecule has 0 unspecified atom stereocenters. The number of nitrogens with two attached hydrogens (primary N) is 1. The molecule has 0 aliphatic heterocycles. The first kappa shape index (κ1) is 19.8. The Bertz CT molecular complexity index is 866. The molecule has 0 spiro atoms. The molecule has 2 amide bonds. The molecule has 5 N–H and O–H groups in total. The molecule has 7 heteroatoms. The maximum Gasteiger partial charge on any atom is 0.267 e. The average molecular weight is 364 g/mol. The first-order chi connectivity index (χ1) is 13.0. The van der Waals surface area contributed by atoms with E-state index in [-0.39, 0.29) is 0 Å². The van der Waals surface area contributed by atoms with Gasteiger partial charge < -0.3 is 11.1 Å². The van der Waals surface area contributed by atoms with Gasteiger partial charge in [-0.05, 0) is 61.0 Å². The maximum absolute atomic E-state index is 12.2. The monoisotopic (exact) mass is 364 g/mol. The second-order valence-electron chi connectivity index (χ2n) is 5.75. The SMILES string of the molecule is C[C@@H](N)[C@H](NC(=O)c1ccc(C#C/C=C/c2ccncc2)cc1)C(=O)NO. The summed E-state index contributed by atoms with van der Waals surface area (Å²) in [5, 5.41) is 11.2. The van der Waals surface area contributed by atoms with Crippen LogP contribution in [0.1, 0.15) is 28.4 Å². The van der Waals surface area contributed by atoms with Crippen LogP contribution in [0.4, 0.5) is 0 Å². The Morgan fingerprint density at radius 2 is 1.85 bits per heavy atom. The van der Waals surface area contributed by atoms with Crippen LogP contribution in [0.3, 0.4) is 0 Å². The van der Waals surface area contributed by atoms with Crippen LogP contribution >= 0.6 is 0 Å². The Balaban J connectivity index is 2.00. The van der Waals surface area contributed by atoms with Crippen molar-refractivity contribution in [1.82, 2.24) is 15.8 Å². The normalized spacial score (nSPS) is 12.6. The van der Waals surface area contributed by atoms with Crippen LogP contribution in [0.2, 0.25) is 0 Å². The fourth-order valence-corrected chi connectivity index (χ4v) is 2.17. The summed E-state index contributed by atoms with van der Waals surface area (Å²) in [7, 11) is 0. The number of hydroxylamine groups is 1. The van der Waals surface area contributed by atoms with Crippen LogP contribution in [0, 0.1) is 11.8 Å². The van der Waals surface area contributed by atoms with Gasteiger partial charge in [0.2, 0.25) is 0 Å². The highest BCUT2D eigenvalue weighted by atomic mass is 16.5. The summed E-state index contributed by atoms with van der Waals surface area (Å²) in [5.74, 6) is 4.64. The van der Waals surface area contributed by atoms with E-state index >= 15 is 0 Å². The lowest BCUT2D eigenvalue weighted by atomic mass is 10.1. The highest BCUT2D eigenvalue weighted by Gasteiger charge is 2.24. The number of hydrogen-bond donors (Lipinski definition) is 4. The van der Waals surface area contributed by atoms with Gasteiger partial charge >= 0.3 is 0 Å². The van der Waals surface area contributed by atoms with Gasteiger partial charge in [-0.3, -0.25) is 19.8 Å². The van der Waals surface area contributed by atoms with Crippen molar-refractivity contribution < 1.29 is 14.8 Å². The molecule has 0 aliphatic rings. The van der Waals surface area contributed by atoms with E-state index in [2.05, 4.69) is 22.1 Å². The van der Waals surface area contributed by atoms with E-state index in [0.29, 0.717) is 5.56 Å². The fraction of sp³-hybridized carbons (Fsp3) is 0.150. The van der Waals surface area contributed by atoms with Crippen molar-refractivity contribution in [3.63, 3.8) is 0 Å². The van der Waals surface area contributed by atoms with E-state index in [4.69, 9.17) is 10.9 Å². The highest BCUT2D eigenvalue weighted by Crippen LogP contribution is 2.05. The molecule has 0 saturated carbocycles. The first-order valence-corrected chi connectivity index (χ1v) is 8.20. The molecule has 7 nitrogen and oxygen atoms in total. The lowest BCUT2D eigenvalue weighted by molar-refractivity contribution is -0.131. The molecule has 0 fully saturated rings. The minimum Gasteiger partial charge on any atom is -0.339 e. The van der Waals surface area contributed by atoms with Crippen molar-refractivity contribution in [2.24, 2.45) is 5.73 Å². The van der Waals surface area contributed by atoms with Gasteiger partial charge in [0.1, 0.15) is 6.04 Å².